The van der Waals surface area contributed by atoms with Gasteiger partial charge in [-0.25, -0.2) is 4.98 Å². The molecule has 1 aromatic heterocycles. The van der Waals surface area contributed by atoms with E-state index in [9.17, 15) is 0 Å². The lowest BCUT2D eigenvalue weighted by molar-refractivity contribution is 0.683. The third-order valence-corrected chi connectivity index (χ3v) is 3.37. The van der Waals surface area contributed by atoms with Crippen LogP contribution < -0.4 is 5.73 Å². The molecule has 0 saturated heterocycles. The van der Waals surface area contributed by atoms with Crippen LogP contribution in [0, 0.1) is 13.8 Å². The number of nitrogens with zero attached hydrogens (tertiary/aromatic N) is 1. The summed E-state index contributed by atoms with van der Waals surface area (Å²) >= 11 is 1.80. The SMILES string of the molecule is Cc1nc(C(C)CCN)sc1C. The predicted octanol–water partition coefficient (Wildman–Crippen LogP) is 2.21. The molecule has 12 heavy (non-hydrogen) atoms. The minimum atomic E-state index is 0.521. The van der Waals surface area contributed by atoms with Gasteiger partial charge in [-0.15, -0.1) is 11.3 Å². The second kappa shape index (κ2) is 4.01. The smallest absolute Gasteiger partial charge is 0.0959 e. The first-order chi connectivity index (χ1) is 5.65. The van der Waals surface area contributed by atoms with Crippen LogP contribution in [0.4, 0.5) is 0 Å². The van der Waals surface area contributed by atoms with Crippen molar-refractivity contribution in [1.29, 1.82) is 0 Å². The molecular weight excluding hydrogens is 168 g/mol. The number of hydrogen-bond acceptors (Lipinski definition) is 3. The Morgan fingerprint density at radius 2 is 2.17 bits per heavy atom. The second-order valence-corrected chi connectivity index (χ2v) is 4.41. The Labute approximate surface area is 77.8 Å². The zero-order valence-corrected chi connectivity index (χ0v) is 8.74. The second-order valence-electron chi connectivity index (χ2n) is 3.17. The third-order valence-electron chi connectivity index (χ3n) is 2.07. The molecule has 0 radical (unpaired) electrons. The fourth-order valence-electron chi connectivity index (χ4n) is 1.08. The molecule has 2 N–H and O–H groups in total. The number of aryl methyl sites for hydroxylation is 2. The Balaban J connectivity index is 2.74. The molecule has 0 bridgehead atoms. The summed E-state index contributed by atoms with van der Waals surface area (Å²) in [4.78, 5) is 5.82. The molecule has 0 spiro atoms. The number of thiazole rings is 1. The van der Waals surface area contributed by atoms with E-state index in [0.29, 0.717) is 5.92 Å². The first kappa shape index (κ1) is 9.68. The van der Waals surface area contributed by atoms with Crippen molar-refractivity contribution in [2.45, 2.75) is 33.1 Å². The van der Waals surface area contributed by atoms with Crippen molar-refractivity contribution >= 4 is 11.3 Å². The van der Waals surface area contributed by atoms with E-state index < -0.39 is 0 Å². The van der Waals surface area contributed by atoms with Crippen molar-refractivity contribution in [3.05, 3.63) is 15.6 Å². The van der Waals surface area contributed by atoms with Crippen LogP contribution in [0.25, 0.3) is 0 Å². The van der Waals surface area contributed by atoms with Gasteiger partial charge >= 0.3 is 0 Å². The van der Waals surface area contributed by atoms with E-state index in [0.717, 1.165) is 13.0 Å². The molecule has 2 nitrogen and oxygen atoms in total. The minimum Gasteiger partial charge on any atom is -0.330 e. The highest BCUT2D eigenvalue weighted by Crippen LogP contribution is 2.25. The Morgan fingerprint density at radius 3 is 2.58 bits per heavy atom. The quantitative estimate of drug-likeness (QED) is 0.782. The molecule has 0 aliphatic heterocycles. The van der Waals surface area contributed by atoms with Gasteiger partial charge in [-0.2, -0.15) is 0 Å². The maximum absolute atomic E-state index is 5.49. The number of aromatic nitrogens is 1. The fourth-order valence-corrected chi connectivity index (χ4v) is 2.09. The molecule has 0 fully saturated rings. The number of hydrogen-bond donors (Lipinski definition) is 1. The van der Waals surface area contributed by atoms with Crippen LogP contribution in [0.5, 0.6) is 0 Å². The summed E-state index contributed by atoms with van der Waals surface area (Å²) in [5, 5.41) is 1.23. The van der Waals surface area contributed by atoms with Crippen molar-refractivity contribution in [1.82, 2.24) is 4.98 Å². The topological polar surface area (TPSA) is 38.9 Å². The molecule has 1 rings (SSSR count). The third kappa shape index (κ3) is 2.05. The minimum absolute atomic E-state index is 0.521. The van der Waals surface area contributed by atoms with Crippen LogP contribution in [0.2, 0.25) is 0 Å². The summed E-state index contributed by atoms with van der Waals surface area (Å²) in [5.41, 5.74) is 6.65. The average molecular weight is 184 g/mol. The van der Waals surface area contributed by atoms with Crippen molar-refractivity contribution in [2.75, 3.05) is 6.54 Å². The largest absolute Gasteiger partial charge is 0.330 e. The summed E-state index contributed by atoms with van der Waals surface area (Å²) in [6.45, 7) is 7.11. The zero-order chi connectivity index (χ0) is 9.14. The molecule has 0 saturated carbocycles. The van der Waals surface area contributed by atoms with Crippen LogP contribution in [0.15, 0.2) is 0 Å². The summed E-state index contributed by atoms with van der Waals surface area (Å²) in [7, 11) is 0. The van der Waals surface area contributed by atoms with Gasteiger partial charge in [0.2, 0.25) is 0 Å². The van der Waals surface area contributed by atoms with E-state index in [1.165, 1.54) is 15.6 Å². The maximum atomic E-state index is 5.49. The van der Waals surface area contributed by atoms with Gasteiger partial charge in [-0.3, -0.25) is 0 Å². The van der Waals surface area contributed by atoms with Gasteiger partial charge in [0.25, 0.3) is 0 Å². The van der Waals surface area contributed by atoms with Crippen LogP contribution in [-0.4, -0.2) is 11.5 Å². The fraction of sp³-hybridized carbons (Fsp3) is 0.667. The van der Waals surface area contributed by atoms with E-state index in [1.807, 2.05) is 0 Å². The Morgan fingerprint density at radius 1 is 1.50 bits per heavy atom. The first-order valence-corrected chi connectivity index (χ1v) is 5.10. The van der Waals surface area contributed by atoms with E-state index in [-0.39, 0.29) is 0 Å². The van der Waals surface area contributed by atoms with E-state index in [4.69, 9.17) is 5.73 Å². The van der Waals surface area contributed by atoms with Gasteiger partial charge in [0.05, 0.1) is 10.7 Å². The highest BCUT2D eigenvalue weighted by Gasteiger charge is 2.10. The summed E-state index contributed by atoms with van der Waals surface area (Å²) in [6.07, 6.45) is 1.03. The van der Waals surface area contributed by atoms with Gasteiger partial charge in [0.1, 0.15) is 0 Å². The summed E-state index contributed by atoms with van der Waals surface area (Å²) in [5.74, 6) is 0.521. The van der Waals surface area contributed by atoms with Crippen LogP contribution in [0.1, 0.15) is 34.8 Å². The lowest BCUT2D eigenvalue weighted by atomic mass is 10.1. The van der Waals surface area contributed by atoms with Crippen molar-refractivity contribution < 1.29 is 0 Å². The van der Waals surface area contributed by atoms with E-state index in [2.05, 4.69) is 25.8 Å². The Bertz CT molecular complexity index is 236. The molecule has 68 valence electrons. The lowest BCUT2D eigenvalue weighted by Crippen LogP contribution is -2.04. The summed E-state index contributed by atoms with van der Waals surface area (Å²) < 4.78 is 0. The van der Waals surface area contributed by atoms with Crippen molar-refractivity contribution in [2.24, 2.45) is 5.73 Å². The van der Waals surface area contributed by atoms with Gasteiger partial charge in [0.15, 0.2) is 0 Å². The van der Waals surface area contributed by atoms with Gasteiger partial charge in [-0.05, 0) is 26.8 Å². The normalized spacial score (nSPS) is 13.3. The van der Waals surface area contributed by atoms with Gasteiger partial charge in [0, 0.05) is 10.8 Å². The monoisotopic (exact) mass is 184 g/mol. The van der Waals surface area contributed by atoms with E-state index >= 15 is 0 Å². The average Bonchev–Trinajstić information content (AvgIpc) is 2.33. The number of nitrogens with two attached hydrogens (primary N) is 1. The van der Waals surface area contributed by atoms with Crippen molar-refractivity contribution in [3.8, 4) is 0 Å². The van der Waals surface area contributed by atoms with Crippen LogP contribution >= 0.6 is 11.3 Å². The standard InChI is InChI=1S/C9H16N2S/c1-6(4-5-10)9-11-7(2)8(3)12-9/h6H,4-5,10H2,1-3H3. The molecule has 1 unspecified atom stereocenters. The molecule has 1 aromatic rings. The van der Waals surface area contributed by atoms with Gasteiger partial charge < -0.3 is 5.73 Å². The predicted molar refractivity (Wildman–Crippen MR) is 53.7 cm³/mol. The molecule has 3 heteroatoms. The van der Waals surface area contributed by atoms with Gasteiger partial charge in [-0.1, -0.05) is 6.92 Å². The Hall–Kier alpha value is -0.410. The highest BCUT2D eigenvalue weighted by molar-refractivity contribution is 7.11. The molecule has 0 aromatic carbocycles. The first-order valence-electron chi connectivity index (χ1n) is 4.29. The molecule has 0 aliphatic carbocycles. The van der Waals surface area contributed by atoms with E-state index in [1.54, 1.807) is 11.3 Å². The maximum Gasteiger partial charge on any atom is 0.0959 e. The Kier molecular flexibility index (Phi) is 3.23. The van der Waals surface area contributed by atoms with Crippen molar-refractivity contribution in [3.63, 3.8) is 0 Å². The highest BCUT2D eigenvalue weighted by atomic mass is 32.1. The summed E-state index contributed by atoms with van der Waals surface area (Å²) in [6, 6.07) is 0. The number of rotatable bonds is 3. The molecule has 1 heterocycles. The van der Waals surface area contributed by atoms with Crippen LogP contribution in [-0.2, 0) is 0 Å². The van der Waals surface area contributed by atoms with Crippen LogP contribution in [0.3, 0.4) is 0 Å². The molecular formula is C9H16N2S. The molecule has 0 amide bonds. The lowest BCUT2D eigenvalue weighted by Gasteiger charge is -2.04. The molecule has 0 aliphatic rings. The zero-order valence-electron chi connectivity index (χ0n) is 7.92. The molecule has 1 atom stereocenters.